The van der Waals surface area contributed by atoms with E-state index in [9.17, 15) is 18.0 Å². The lowest BCUT2D eigenvalue weighted by atomic mass is 10.1. The Hall–Kier alpha value is -2.87. The zero-order valence-corrected chi connectivity index (χ0v) is 19.0. The summed E-state index contributed by atoms with van der Waals surface area (Å²) in [5.74, 6) is -0.186. The van der Waals surface area contributed by atoms with Crippen molar-refractivity contribution in [1.82, 2.24) is 10.2 Å². The molecule has 8 heteroatoms. The van der Waals surface area contributed by atoms with E-state index < -0.39 is 10.0 Å². The second kappa shape index (κ2) is 9.51. The molecule has 1 aliphatic heterocycles. The van der Waals surface area contributed by atoms with Gasteiger partial charge >= 0.3 is 0 Å². The zero-order valence-electron chi connectivity index (χ0n) is 18.2. The Morgan fingerprint density at radius 1 is 1.10 bits per heavy atom. The number of likely N-dealkylation sites (tertiary alicyclic amines) is 1. The normalized spacial score (nSPS) is 14.0. The average molecular weight is 444 g/mol. The highest BCUT2D eigenvalue weighted by Gasteiger charge is 2.23. The molecule has 0 aromatic heterocycles. The number of rotatable bonds is 8. The van der Waals surface area contributed by atoms with E-state index >= 15 is 0 Å². The van der Waals surface area contributed by atoms with Crippen LogP contribution >= 0.6 is 0 Å². The van der Waals surface area contributed by atoms with Crippen molar-refractivity contribution in [2.75, 3.05) is 23.7 Å². The summed E-state index contributed by atoms with van der Waals surface area (Å²) in [6, 6.07) is 13.1. The standard InChI is InChI=1S/C23H29N3O4S/c1-17-6-4-7-21(18(17)2)26(31(3,29)30)16-22(27)24-14-19-9-11-20(12-10-19)15-25-13-5-8-23(25)28/h4,6-7,9-12H,5,8,13-16H2,1-3H3,(H,24,27). The Morgan fingerprint density at radius 2 is 1.77 bits per heavy atom. The molecule has 1 N–H and O–H groups in total. The Labute approximate surface area is 184 Å². The summed E-state index contributed by atoms with van der Waals surface area (Å²) in [6.07, 6.45) is 2.64. The fourth-order valence-corrected chi connectivity index (χ4v) is 4.53. The van der Waals surface area contributed by atoms with Gasteiger partial charge in [-0.15, -0.1) is 0 Å². The number of hydrogen-bond donors (Lipinski definition) is 1. The van der Waals surface area contributed by atoms with E-state index in [4.69, 9.17) is 0 Å². The van der Waals surface area contributed by atoms with Gasteiger partial charge in [-0.3, -0.25) is 13.9 Å². The molecule has 0 saturated carbocycles. The molecular weight excluding hydrogens is 414 g/mol. The predicted molar refractivity (Wildman–Crippen MR) is 121 cm³/mol. The highest BCUT2D eigenvalue weighted by Crippen LogP contribution is 2.24. The second-order valence-corrected chi connectivity index (χ2v) is 9.91. The summed E-state index contributed by atoms with van der Waals surface area (Å²) in [7, 11) is -3.62. The van der Waals surface area contributed by atoms with Crippen LogP contribution in [0.2, 0.25) is 0 Å². The van der Waals surface area contributed by atoms with Crippen LogP contribution in [0.3, 0.4) is 0 Å². The number of amides is 2. The number of nitrogens with one attached hydrogen (secondary N) is 1. The van der Waals surface area contributed by atoms with E-state index in [1.54, 1.807) is 12.1 Å². The van der Waals surface area contributed by atoms with Gasteiger partial charge in [0.15, 0.2) is 0 Å². The lowest BCUT2D eigenvalue weighted by molar-refractivity contribution is -0.128. The summed E-state index contributed by atoms with van der Waals surface area (Å²) in [5.41, 5.74) is 4.25. The van der Waals surface area contributed by atoms with Crippen molar-refractivity contribution >= 4 is 27.5 Å². The van der Waals surface area contributed by atoms with Gasteiger partial charge in [0.25, 0.3) is 0 Å². The van der Waals surface area contributed by atoms with Crippen LogP contribution in [0.25, 0.3) is 0 Å². The van der Waals surface area contributed by atoms with E-state index in [1.807, 2.05) is 49.1 Å². The number of hydrogen-bond acceptors (Lipinski definition) is 4. The molecule has 3 rings (SSSR count). The molecular formula is C23H29N3O4S. The lowest BCUT2D eigenvalue weighted by Crippen LogP contribution is -2.40. The number of anilines is 1. The van der Waals surface area contributed by atoms with Crippen molar-refractivity contribution in [2.45, 2.75) is 39.8 Å². The van der Waals surface area contributed by atoms with Gasteiger partial charge in [-0.25, -0.2) is 8.42 Å². The molecule has 0 spiro atoms. The molecule has 2 aromatic rings. The summed E-state index contributed by atoms with van der Waals surface area (Å²) >= 11 is 0. The van der Waals surface area contributed by atoms with Gasteiger partial charge in [-0.05, 0) is 48.6 Å². The second-order valence-electron chi connectivity index (χ2n) is 8.00. The van der Waals surface area contributed by atoms with Crippen LogP contribution in [-0.2, 0) is 32.7 Å². The van der Waals surface area contributed by atoms with Gasteiger partial charge < -0.3 is 10.2 Å². The maximum atomic E-state index is 12.5. The zero-order chi connectivity index (χ0) is 22.6. The first-order valence-electron chi connectivity index (χ1n) is 10.3. The molecule has 0 bridgehead atoms. The van der Waals surface area contributed by atoms with Gasteiger partial charge in [0.1, 0.15) is 6.54 Å². The lowest BCUT2D eigenvalue weighted by Gasteiger charge is -2.24. The molecule has 0 atom stereocenters. The number of benzene rings is 2. The smallest absolute Gasteiger partial charge is 0.241 e. The fraction of sp³-hybridized carbons (Fsp3) is 0.391. The first-order valence-corrected chi connectivity index (χ1v) is 12.2. The molecule has 31 heavy (non-hydrogen) atoms. The van der Waals surface area contributed by atoms with Crippen LogP contribution < -0.4 is 9.62 Å². The fourth-order valence-electron chi connectivity index (χ4n) is 3.63. The Bertz CT molecular complexity index is 1060. The molecule has 7 nitrogen and oxygen atoms in total. The van der Waals surface area contributed by atoms with E-state index in [-0.39, 0.29) is 18.4 Å². The minimum Gasteiger partial charge on any atom is -0.350 e. The van der Waals surface area contributed by atoms with Crippen LogP contribution in [0, 0.1) is 13.8 Å². The molecule has 0 radical (unpaired) electrons. The Balaban J connectivity index is 1.60. The topological polar surface area (TPSA) is 86.8 Å². The SMILES string of the molecule is Cc1cccc(N(CC(=O)NCc2ccc(CN3CCCC3=O)cc2)S(C)(=O)=O)c1C. The minimum atomic E-state index is -3.62. The third-order valence-electron chi connectivity index (χ3n) is 5.59. The van der Waals surface area contributed by atoms with Gasteiger partial charge in [-0.2, -0.15) is 0 Å². The van der Waals surface area contributed by atoms with Crippen molar-refractivity contribution in [1.29, 1.82) is 0 Å². The number of aryl methyl sites for hydroxylation is 1. The van der Waals surface area contributed by atoms with Gasteiger partial charge in [0.05, 0.1) is 11.9 Å². The van der Waals surface area contributed by atoms with Crippen molar-refractivity contribution < 1.29 is 18.0 Å². The third-order valence-corrected chi connectivity index (χ3v) is 6.72. The van der Waals surface area contributed by atoms with Crippen LogP contribution in [-0.4, -0.2) is 44.5 Å². The monoisotopic (exact) mass is 443 g/mol. The molecule has 2 amide bonds. The van der Waals surface area contributed by atoms with Crippen LogP contribution in [0.4, 0.5) is 5.69 Å². The van der Waals surface area contributed by atoms with Crippen LogP contribution in [0.5, 0.6) is 0 Å². The highest BCUT2D eigenvalue weighted by atomic mass is 32.2. The number of carbonyl (C=O) groups is 2. The Kier molecular flexibility index (Phi) is 7.00. The number of sulfonamides is 1. The maximum absolute atomic E-state index is 12.5. The van der Waals surface area contributed by atoms with E-state index in [0.717, 1.165) is 45.8 Å². The molecule has 0 unspecified atom stereocenters. The van der Waals surface area contributed by atoms with E-state index in [0.29, 0.717) is 25.2 Å². The maximum Gasteiger partial charge on any atom is 0.241 e. The van der Waals surface area contributed by atoms with Crippen molar-refractivity contribution in [2.24, 2.45) is 0 Å². The molecule has 1 saturated heterocycles. The first kappa shape index (κ1) is 22.8. The molecule has 2 aromatic carbocycles. The molecule has 0 aliphatic carbocycles. The van der Waals surface area contributed by atoms with Crippen LogP contribution in [0.15, 0.2) is 42.5 Å². The van der Waals surface area contributed by atoms with Gasteiger partial charge in [0, 0.05) is 26.1 Å². The summed E-state index contributed by atoms with van der Waals surface area (Å²) in [6.45, 7) is 5.17. The highest BCUT2D eigenvalue weighted by molar-refractivity contribution is 7.92. The average Bonchev–Trinajstić information content (AvgIpc) is 3.12. The number of nitrogens with zero attached hydrogens (tertiary/aromatic N) is 2. The summed E-state index contributed by atoms with van der Waals surface area (Å²) in [4.78, 5) is 26.1. The van der Waals surface area contributed by atoms with Gasteiger partial charge in [0.2, 0.25) is 21.8 Å². The molecule has 1 fully saturated rings. The minimum absolute atomic E-state index is 0.190. The Morgan fingerprint density at radius 3 is 2.39 bits per heavy atom. The van der Waals surface area contributed by atoms with Crippen molar-refractivity contribution in [3.63, 3.8) is 0 Å². The largest absolute Gasteiger partial charge is 0.350 e. The third kappa shape index (κ3) is 5.85. The number of carbonyl (C=O) groups excluding carboxylic acids is 2. The molecule has 1 heterocycles. The van der Waals surface area contributed by atoms with E-state index in [1.165, 1.54) is 0 Å². The van der Waals surface area contributed by atoms with Crippen molar-refractivity contribution in [3.05, 3.63) is 64.7 Å². The quantitative estimate of drug-likeness (QED) is 0.679. The van der Waals surface area contributed by atoms with Crippen molar-refractivity contribution in [3.8, 4) is 0 Å². The summed E-state index contributed by atoms with van der Waals surface area (Å²) in [5, 5.41) is 2.80. The summed E-state index contributed by atoms with van der Waals surface area (Å²) < 4.78 is 25.8. The van der Waals surface area contributed by atoms with E-state index in [2.05, 4.69) is 5.32 Å². The first-order chi connectivity index (χ1) is 14.6. The van der Waals surface area contributed by atoms with Crippen LogP contribution in [0.1, 0.15) is 35.1 Å². The molecule has 1 aliphatic rings. The molecule has 166 valence electrons. The predicted octanol–water partition coefficient (Wildman–Crippen LogP) is 2.51. The van der Waals surface area contributed by atoms with Gasteiger partial charge in [-0.1, -0.05) is 36.4 Å².